The van der Waals surface area contributed by atoms with Gasteiger partial charge in [0.25, 0.3) is 0 Å². The first-order valence-electron chi connectivity index (χ1n) is 27.1. The zero-order valence-corrected chi connectivity index (χ0v) is 44.6. The number of hydrogen-bond acceptors (Lipinski definition) is 15. The number of aromatic nitrogens is 4. The second-order valence-electron chi connectivity index (χ2n) is 20.7. The fourth-order valence-corrected chi connectivity index (χ4v) is 10.9. The molecule has 6 N–H and O–H groups in total. The third-order valence-corrected chi connectivity index (χ3v) is 15.4. The molecule has 0 atom stereocenters. The summed E-state index contributed by atoms with van der Waals surface area (Å²) in [5.41, 5.74) is 15.4. The Morgan fingerprint density at radius 2 is 1.06 bits per heavy atom. The van der Waals surface area contributed by atoms with E-state index in [2.05, 4.69) is 75.6 Å². The molecule has 4 fully saturated rings. The van der Waals surface area contributed by atoms with Crippen molar-refractivity contribution in [1.29, 1.82) is 0 Å². The van der Waals surface area contributed by atoms with Gasteiger partial charge >= 0.3 is 12.1 Å². The largest absolute Gasteiger partial charge is 0.492 e. The minimum atomic E-state index is -0.362. The predicted molar refractivity (Wildman–Crippen MR) is 297 cm³/mol. The summed E-state index contributed by atoms with van der Waals surface area (Å²) in [5, 5.41) is 24.7. The molecule has 0 radical (unpaired) electrons. The van der Waals surface area contributed by atoms with Crippen molar-refractivity contribution < 1.29 is 33.4 Å². The number of ether oxygens (including phenoxy) is 3. The molecule has 4 aliphatic heterocycles. The fraction of sp³-hybridized carbons (Fsp3) is 0.404. The lowest BCUT2D eigenvalue weighted by atomic mass is 10.0. The van der Waals surface area contributed by atoms with E-state index in [1.165, 1.54) is 12.8 Å². The van der Waals surface area contributed by atoms with Crippen molar-refractivity contribution in [2.45, 2.75) is 19.8 Å². The van der Waals surface area contributed by atoms with Gasteiger partial charge in [0.15, 0.2) is 11.6 Å². The fourth-order valence-electron chi connectivity index (χ4n) is 10.9. The Balaban J connectivity index is 0.000000165. The quantitative estimate of drug-likeness (QED) is 0.0777. The van der Waals surface area contributed by atoms with Crippen molar-refractivity contribution in [2.75, 3.05) is 143 Å². The van der Waals surface area contributed by atoms with Crippen LogP contribution in [0.3, 0.4) is 0 Å². The zero-order valence-electron chi connectivity index (χ0n) is 44.6. The van der Waals surface area contributed by atoms with Crippen LogP contribution in [-0.4, -0.2) is 206 Å². The highest BCUT2D eigenvalue weighted by atomic mass is 16.5. The van der Waals surface area contributed by atoms with Crippen molar-refractivity contribution in [3.05, 3.63) is 107 Å². The van der Waals surface area contributed by atoms with Gasteiger partial charge in [-0.1, -0.05) is 24.3 Å². The first-order chi connectivity index (χ1) is 38.0. The van der Waals surface area contributed by atoms with Crippen LogP contribution in [0.2, 0.25) is 0 Å². The summed E-state index contributed by atoms with van der Waals surface area (Å²) in [6.07, 6.45) is 2.54. The van der Waals surface area contributed by atoms with Crippen LogP contribution in [0.1, 0.15) is 50.2 Å². The Labute approximate surface area is 453 Å². The molecular weight excluding hydrogens is 993 g/mol. The average Bonchev–Trinajstić information content (AvgIpc) is 4.35. The van der Waals surface area contributed by atoms with E-state index in [-0.39, 0.29) is 23.6 Å². The summed E-state index contributed by atoms with van der Waals surface area (Å²) in [6, 6.07) is 23.8. The first kappa shape index (κ1) is 52.5. The molecule has 78 heavy (non-hydrogen) atoms. The lowest BCUT2D eigenvalue weighted by molar-refractivity contribution is 0.0322. The predicted octanol–water partition coefficient (Wildman–Crippen LogP) is 5.64. The highest BCUT2D eigenvalue weighted by molar-refractivity contribution is 6.28. The molecule has 0 spiro atoms. The van der Waals surface area contributed by atoms with Gasteiger partial charge in [-0.2, -0.15) is 10.2 Å². The van der Waals surface area contributed by atoms with Gasteiger partial charge in [-0.05, 0) is 107 Å². The highest BCUT2D eigenvalue weighted by Gasteiger charge is 2.37. The molecule has 0 bridgehead atoms. The molecule has 4 aromatic carbocycles. The van der Waals surface area contributed by atoms with Crippen LogP contribution in [0, 0.1) is 6.92 Å². The number of piperazine rings is 2. The number of carbonyl (C=O) groups is 4. The van der Waals surface area contributed by atoms with E-state index >= 15 is 0 Å². The molecule has 21 nitrogen and oxygen atoms in total. The molecule has 6 aliphatic rings. The number of H-pyrrole nitrogens is 2. The number of benzene rings is 4. The van der Waals surface area contributed by atoms with Gasteiger partial charge in [0.05, 0.1) is 58.2 Å². The number of rotatable bonds is 14. The summed E-state index contributed by atoms with van der Waals surface area (Å²) in [5.74, 6) is 1.30. The molecule has 12 rings (SSSR count). The maximum atomic E-state index is 13.7. The van der Waals surface area contributed by atoms with Crippen LogP contribution in [0.5, 0.6) is 11.5 Å². The Morgan fingerprint density at radius 3 is 1.59 bits per heavy atom. The molecular formula is C57H68N14O7. The van der Waals surface area contributed by atoms with Crippen molar-refractivity contribution in [1.82, 2.24) is 60.9 Å². The Hall–Kier alpha value is -7.50. The van der Waals surface area contributed by atoms with Crippen LogP contribution in [-0.2, 0) is 4.74 Å². The Bertz CT molecular complexity index is 3150. The van der Waals surface area contributed by atoms with Gasteiger partial charge in [-0.15, -0.1) is 0 Å². The zero-order chi connectivity index (χ0) is 53.7. The Kier molecular flexibility index (Phi) is 15.9. The van der Waals surface area contributed by atoms with Gasteiger partial charge in [0, 0.05) is 101 Å². The van der Waals surface area contributed by atoms with Gasteiger partial charge in [-0.3, -0.25) is 40.4 Å². The van der Waals surface area contributed by atoms with Crippen molar-refractivity contribution >= 4 is 35.0 Å². The number of hydrazine groups is 2. The smallest absolute Gasteiger partial charge is 0.333 e. The second kappa shape index (κ2) is 23.6. The normalized spacial score (nSPS) is 17.9. The van der Waals surface area contributed by atoms with Crippen LogP contribution in [0.15, 0.2) is 78.9 Å². The summed E-state index contributed by atoms with van der Waals surface area (Å²) in [6.45, 7) is 17.3. The van der Waals surface area contributed by atoms with Crippen LogP contribution >= 0.6 is 0 Å². The molecule has 0 unspecified atom stereocenters. The van der Waals surface area contributed by atoms with E-state index in [4.69, 9.17) is 14.2 Å². The molecule has 2 aromatic heterocycles. The van der Waals surface area contributed by atoms with E-state index in [9.17, 15) is 19.2 Å². The summed E-state index contributed by atoms with van der Waals surface area (Å²) < 4.78 is 17.4. The number of aromatic amines is 2. The van der Waals surface area contributed by atoms with E-state index in [1.54, 1.807) is 12.1 Å². The number of aryl methyl sites for hydroxylation is 1. The number of ketones is 2. The number of carbonyl (C=O) groups excluding carboxylic acids is 4. The first-order valence-corrected chi connectivity index (χ1v) is 27.1. The molecule has 4 saturated heterocycles. The number of nitrogens with zero attached hydrogens (tertiary/aromatic N) is 8. The van der Waals surface area contributed by atoms with Crippen molar-refractivity contribution in [3.8, 4) is 56.5 Å². The molecule has 21 heteroatoms. The number of amides is 4. The lowest BCUT2D eigenvalue weighted by Gasteiger charge is -2.32. The molecule has 2 aliphatic carbocycles. The van der Waals surface area contributed by atoms with Crippen LogP contribution in [0.25, 0.3) is 45.0 Å². The van der Waals surface area contributed by atoms with Gasteiger partial charge < -0.3 is 34.6 Å². The molecule has 408 valence electrons. The minimum Gasteiger partial charge on any atom is -0.492 e. The number of anilines is 2. The summed E-state index contributed by atoms with van der Waals surface area (Å²) in [4.78, 5) is 62.0. The molecule has 6 aromatic rings. The Morgan fingerprint density at radius 1 is 0.577 bits per heavy atom. The van der Waals surface area contributed by atoms with Gasteiger partial charge in [-0.25, -0.2) is 19.6 Å². The van der Waals surface area contributed by atoms with Crippen LogP contribution in [0.4, 0.5) is 21.0 Å². The number of morpholine rings is 1. The number of fused-ring (bicyclic) bond motifs is 6. The molecule has 0 saturated carbocycles. The average molecular weight is 1060 g/mol. The number of urea groups is 2. The van der Waals surface area contributed by atoms with Crippen molar-refractivity contribution in [2.24, 2.45) is 0 Å². The monoisotopic (exact) mass is 1060 g/mol. The summed E-state index contributed by atoms with van der Waals surface area (Å²) in [7, 11) is 4.12. The third kappa shape index (κ3) is 11.5. The van der Waals surface area contributed by atoms with E-state index < -0.39 is 0 Å². The maximum absolute atomic E-state index is 13.7. The van der Waals surface area contributed by atoms with E-state index in [0.717, 1.165) is 144 Å². The number of likely N-dealkylation sites (tertiary alicyclic amines) is 1. The van der Waals surface area contributed by atoms with Crippen molar-refractivity contribution in [3.63, 3.8) is 0 Å². The number of hydrogen-bond donors (Lipinski definition) is 6. The lowest BCUT2D eigenvalue weighted by Crippen LogP contribution is -2.53. The molecule has 6 heterocycles. The highest BCUT2D eigenvalue weighted by Crippen LogP contribution is 2.45. The van der Waals surface area contributed by atoms with Gasteiger partial charge in [0.2, 0.25) is 0 Å². The summed E-state index contributed by atoms with van der Waals surface area (Å²) >= 11 is 0. The number of likely N-dealkylation sites (N-methyl/N-ethyl adjacent to an activating group) is 2. The van der Waals surface area contributed by atoms with E-state index in [0.29, 0.717) is 69.6 Å². The van der Waals surface area contributed by atoms with E-state index in [1.807, 2.05) is 83.7 Å². The molecule has 4 amide bonds. The standard InChI is InChI=1S/C29H35N7O3.C28H33N7O4/c1-19-18-20(8-9-23(19)39-17-16-35-10-3-4-11-35)26-25-27(32-31-26)21-6-5-7-22(24(21)28(25)37)30-29(38)33-36-14-12-34(2)13-15-36;1-33-9-11-35(12-10-33)32-28(37)29-22-4-2-3-21-23(22)27(36)24-25(30-31-26(21)24)19-5-7-20(8-6-19)39-18-15-34-13-16-38-17-14-34/h5-9,18H,3-4,10-17H2,1-2H3,(H,31,32)(H2,30,33,38);2-8H,9-18H2,1H3,(H,30,31)(H2,29,32,37). The SMILES string of the molecule is CN1CCN(NC(=O)Nc2cccc3c2C(=O)c2c(-c4ccc(OCCN5CCOCC5)cc4)n[nH]c2-3)CC1.Cc1cc(-c2n[nH]c3c2C(=O)c2c(NC(=O)NN4CCN(C)CC4)cccc2-3)ccc1OCCN1CCCC1. The number of nitrogens with one attached hydrogen (secondary N) is 6. The topological polar surface area (TPSA) is 221 Å². The van der Waals surface area contributed by atoms with Gasteiger partial charge in [0.1, 0.15) is 36.1 Å². The minimum absolute atomic E-state index is 0.150. The van der Waals surface area contributed by atoms with Crippen LogP contribution < -0.4 is 31.0 Å². The second-order valence-corrected chi connectivity index (χ2v) is 20.7. The maximum Gasteiger partial charge on any atom is 0.333 e. The third-order valence-electron chi connectivity index (χ3n) is 15.4.